The van der Waals surface area contributed by atoms with E-state index in [0.29, 0.717) is 5.75 Å². The first kappa shape index (κ1) is 12.4. The molecule has 2 aromatic rings. The Balaban J connectivity index is 2.07. The minimum Gasteiger partial charge on any atom is -0.366 e. The molecule has 2 unspecified atom stereocenters. The van der Waals surface area contributed by atoms with Crippen molar-refractivity contribution in [2.45, 2.75) is 19.4 Å². The maximum Gasteiger partial charge on any atom is 0.147 e. The molecule has 0 saturated carbocycles. The first-order valence-electron chi connectivity index (χ1n) is 5.41. The Hall–Kier alpha value is -1.01. The zero-order valence-corrected chi connectivity index (χ0v) is 11.5. The standard InChI is InChI=1S/C11H15N3OS2/c1-8(4-6-17(2)15)14-11-10-9(3-5-16-10)12-7-13-11/h3,5,7-8H,4,6H2,1-2H3,(H,12,13,14). The Morgan fingerprint density at radius 2 is 2.35 bits per heavy atom. The summed E-state index contributed by atoms with van der Waals surface area (Å²) in [6.07, 6.45) is 4.18. The van der Waals surface area contributed by atoms with E-state index in [2.05, 4.69) is 22.2 Å². The van der Waals surface area contributed by atoms with Crippen molar-refractivity contribution in [2.75, 3.05) is 17.3 Å². The monoisotopic (exact) mass is 269 g/mol. The van der Waals surface area contributed by atoms with Crippen LogP contribution in [0.25, 0.3) is 10.2 Å². The fourth-order valence-electron chi connectivity index (χ4n) is 1.54. The summed E-state index contributed by atoms with van der Waals surface area (Å²) < 4.78 is 12.1. The number of thiophene rings is 1. The van der Waals surface area contributed by atoms with Gasteiger partial charge >= 0.3 is 0 Å². The molecule has 0 aromatic carbocycles. The van der Waals surface area contributed by atoms with Gasteiger partial charge in [0.2, 0.25) is 0 Å². The van der Waals surface area contributed by atoms with Crippen LogP contribution in [0, 0.1) is 0 Å². The van der Waals surface area contributed by atoms with Crippen LogP contribution in [0.2, 0.25) is 0 Å². The molecular formula is C11H15N3OS2. The largest absolute Gasteiger partial charge is 0.366 e. The van der Waals surface area contributed by atoms with E-state index in [1.54, 1.807) is 23.9 Å². The second kappa shape index (κ2) is 5.55. The number of aromatic nitrogens is 2. The highest BCUT2D eigenvalue weighted by Crippen LogP contribution is 2.25. The first-order chi connectivity index (χ1) is 8.16. The molecule has 92 valence electrons. The molecule has 0 fully saturated rings. The summed E-state index contributed by atoms with van der Waals surface area (Å²) in [4.78, 5) is 8.45. The lowest BCUT2D eigenvalue weighted by molar-refractivity contribution is 0.678. The first-order valence-corrected chi connectivity index (χ1v) is 8.02. The summed E-state index contributed by atoms with van der Waals surface area (Å²) in [5.41, 5.74) is 0.971. The Kier molecular flexibility index (Phi) is 4.06. The predicted octanol–water partition coefficient (Wildman–Crippen LogP) is 2.26. The molecular weight excluding hydrogens is 254 g/mol. The van der Waals surface area contributed by atoms with E-state index in [4.69, 9.17) is 0 Å². The summed E-state index contributed by atoms with van der Waals surface area (Å²) in [6, 6.07) is 2.25. The van der Waals surface area contributed by atoms with Crippen LogP contribution in [0.15, 0.2) is 17.8 Å². The van der Waals surface area contributed by atoms with Gasteiger partial charge in [0.1, 0.15) is 12.1 Å². The van der Waals surface area contributed by atoms with Crippen LogP contribution < -0.4 is 5.32 Å². The van der Waals surface area contributed by atoms with Crippen molar-refractivity contribution >= 4 is 38.2 Å². The lowest BCUT2D eigenvalue weighted by atomic mass is 10.2. The summed E-state index contributed by atoms with van der Waals surface area (Å²) in [5.74, 6) is 1.59. The fraction of sp³-hybridized carbons (Fsp3) is 0.455. The summed E-state index contributed by atoms with van der Waals surface area (Å²) in [5, 5.41) is 5.36. The number of rotatable bonds is 5. The molecule has 0 radical (unpaired) electrons. The van der Waals surface area contributed by atoms with Crippen LogP contribution in [0.1, 0.15) is 13.3 Å². The molecule has 4 nitrogen and oxygen atoms in total. The molecule has 0 aliphatic heterocycles. The predicted molar refractivity (Wildman–Crippen MR) is 74.1 cm³/mol. The molecule has 0 spiro atoms. The van der Waals surface area contributed by atoms with Gasteiger partial charge in [0, 0.05) is 28.9 Å². The number of nitrogens with one attached hydrogen (secondary N) is 1. The number of anilines is 1. The highest BCUT2D eigenvalue weighted by Gasteiger charge is 2.08. The summed E-state index contributed by atoms with van der Waals surface area (Å²) in [7, 11) is -0.734. The molecule has 2 atom stereocenters. The van der Waals surface area contributed by atoms with Gasteiger partial charge in [-0.05, 0) is 24.8 Å². The van der Waals surface area contributed by atoms with Crippen molar-refractivity contribution < 1.29 is 4.21 Å². The number of hydrogen-bond donors (Lipinski definition) is 1. The lowest BCUT2D eigenvalue weighted by Gasteiger charge is -2.13. The fourth-order valence-corrected chi connectivity index (χ4v) is 3.02. The number of nitrogens with zero attached hydrogens (tertiary/aromatic N) is 2. The van der Waals surface area contributed by atoms with Crippen LogP contribution >= 0.6 is 11.3 Å². The third kappa shape index (κ3) is 3.23. The smallest absolute Gasteiger partial charge is 0.147 e. The van der Waals surface area contributed by atoms with Crippen LogP contribution in [-0.4, -0.2) is 32.2 Å². The van der Waals surface area contributed by atoms with E-state index in [-0.39, 0.29) is 6.04 Å². The van der Waals surface area contributed by atoms with Crippen molar-refractivity contribution in [3.63, 3.8) is 0 Å². The normalized spacial score (nSPS) is 14.7. The van der Waals surface area contributed by atoms with Crippen LogP contribution in [0.3, 0.4) is 0 Å². The Morgan fingerprint density at radius 1 is 1.53 bits per heavy atom. The topological polar surface area (TPSA) is 54.9 Å². The second-order valence-electron chi connectivity index (χ2n) is 3.97. The quantitative estimate of drug-likeness (QED) is 0.904. The second-order valence-corrected chi connectivity index (χ2v) is 6.44. The Morgan fingerprint density at radius 3 is 3.12 bits per heavy atom. The molecule has 6 heteroatoms. The average Bonchev–Trinajstić information content (AvgIpc) is 2.75. The highest BCUT2D eigenvalue weighted by molar-refractivity contribution is 7.84. The Labute approximate surface area is 107 Å². The van der Waals surface area contributed by atoms with E-state index in [1.165, 1.54) is 0 Å². The average molecular weight is 269 g/mol. The Bertz CT molecular complexity index is 526. The third-order valence-electron chi connectivity index (χ3n) is 2.46. The highest BCUT2D eigenvalue weighted by atomic mass is 32.2. The lowest BCUT2D eigenvalue weighted by Crippen LogP contribution is -2.18. The number of hydrogen-bond acceptors (Lipinski definition) is 5. The van der Waals surface area contributed by atoms with Gasteiger partial charge in [-0.25, -0.2) is 9.97 Å². The van der Waals surface area contributed by atoms with E-state index in [0.717, 1.165) is 22.5 Å². The molecule has 0 aliphatic rings. The van der Waals surface area contributed by atoms with Crippen molar-refractivity contribution in [3.05, 3.63) is 17.8 Å². The van der Waals surface area contributed by atoms with Gasteiger partial charge in [-0.3, -0.25) is 4.21 Å². The van der Waals surface area contributed by atoms with Gasteiger partial charge in [-0.15, -0.1) is 11.3 Å². The van der Waals surface area contributed by atoms with Gasteiger partial charge in [0.25, 0.3) is 0 Å². The maximum absolute atomic E-state index is 11.0. The molecule has 2 aromatic heterocycles. The van der Waals surface area contributed by atoms with Crippen molar-refractivity contribution in [2.24, 2.45) is 0 Å². The van der Waals surface area contributed by atoms with E-state index >= 15 is 0 Å². The molecule has 0 saturated heterocycles. The zero-order chi connectivity index (χ0) is 12.3. The molecule has 0 amide bonds. The van der Waals surface area contributed by atoms with Gasteiger partial charge in [0.15, 0.2) is 0 Å². The third-order valence-corrected chi connectivity index (χ3v) is 4.19. The van der Waals surface area contributed by atoms with E-state index in [9.17, 15) is 4.21 Å². The van der Waals surface area contributed by atoms with Crippen molar-refractivity contribution in [1.29, 1.82) is 0 Å². The SMILES string of the molecule is CC(CCS(C)=O)Nc1ncnc2ccsc12. The van der Waals surface area contributed by atoms with Crippen LogP contribution in [0.4, 0.5) is 5.82 Å². The molecule has 0 aliphatic carbocycles. The molecule has 2 rings (SSSR count). The van der Waals surface area contributed by atoms with Gasteiger partial charge in [-0.2, -0.15) is 0 Å². The van der Waals surface area contributed by atoms with Crippen molar-refractivity contribution in [3.8, 4) is 0 Å². The zero-order valence-electron chi connectivity index (χ0n) is 9.84. The molecule has 2 heterocycles. The van der Waals surface area contributed by atoms with E-state index < -0.39 is 10.8 Å². The summed E-state index contributed by atoms with van der Waals surface area (Å²) in [6.45, 7) is 2.08. The van der Waals surface area contributed by atoms with Crippen LogP contribution in [-0.2, 0) is 10.8 Å². The van der Waals surface area contributed by atoms with Crippen molar-refractivity contribution in [1.82, 2.24) is 9.97 Å². The minimum atomic E-state index is -0.734. The summed E-state index contributed by atoms with van der Waals surface area (Å²) >= 11 is 1.63. The van der Waals surface area contributed by atoms with E-state index in [1.807, 2.05) is 11.4 Å². The van der Waals surface area contributed by atoms with Crippen LogP contribution in [0.5, 0.6) is 0 Å². The maximum atomic E-state index is 11.0. The molecule has 1 N–H and O–H groups in total. The van der Waals surface area contributed by atoms with Gasteiger partial charge in [0.05, 0.1) is 10.2 Å². The minimum absolute atomic E-state index is 0.263. The molecule has 17 heavy (non-hydrogen) atoms. The number of fused-ring (bicyclic) bond motifs is 1. The van der Waals surface area contributed by atoms with Gasteiger partial charge < -0.3 is 5.32 Å². The van der Waals surface area contributed by atoms with Gasteiger partial charge in [-0.1, -0.05) is 0 Å². The molecule has 0 bridgehead atoms.